The van der Waals surface area contributed by atoms with Crippen LogP contribution in [0.3, 0.4) is 0 Å². The van der Waals surface area contributed by atoms with E-state index in [0.29, 0.717) is 0 Å². The topological polar surface area (TPSA) is 75.7 Å². The van der Waals surface area contributed by atoms with Crippen LogP contribution < -0.4 is 5.73 Å². The van der Waals surface area contributed by atoms with E-state index in [0.717, 1.165) is 0 Å². The van der Waals surface area contributed by atoms with E-state index >= 15 is 0 Å². The fraction of sp³-hybridized carbons (Fsp3) is 0.429. The molecular weight excluding hydrogens is 144 g/mol. The molecule has 0 spiro atoms. The lowest BCUT2D eigenvalue weighted by Crippen LogP contribution is -2.22. The Morgan fingerprint density at radius 3 is 2.82 bits per heavy atom. The first-order valence-corrected chi connectivity index (χ1v) is 3.23. The third-order valence-electron chi connectivity index (χ3n) is 1.26. The SMILES string of the molecule is C=C(CC(N)/C(O)=C/C)N=O. The number of allylic oxidation sites excluding steroid dienone is 1. The van der Waals surface area contributed by atoms with Gasteiger partial charge in [-0.05, 0) is 18.2 Å². The Kier molecular flexibility index (Phi) is 4.14. The van der Waals surface area contributed by atoms with Gasteiger partial charge in [0.15, 0.2) is 0 Å². The molecule has 0 aliphatic rings. The fourth-order valence-electron chi connectivity index (χ4n) is 0.610. The fourth-order valence-corrected chi connectivity index (χ4v) is 0.610. The van der Waals surface area contributed by atoms with Crippen molar-refractivity contribution in [3.63, 3.8) is 0 Å². The van der Waals surface area contributed by atoms with E-state index in [1.807, 2.05) is 0 Å². The highest BCUT2D eigenvalue weighted by atomic mass is 16.3. The Bertz CT molecular complexity index is 187. The maximum absolute atomic E-state index is 9.85. The van der Waals surface area contributed by atoms with E-state index < -0.39 is 6.04 Å². The first-order chi connectivity index (χ1) is 5.11. The van der Waals surface area contributed by atoms with E-state index in [4.69, 9.17) is 10.8 Å². The highest BCUT2D eigenvalue weighted by Gasteiger charge is 2.08. The number of hydrogen-bond donors (Lipinski definition) is 2. The Morgan fingerprint density at radius 2 is 2.45 bits per heavy atom. The zero-order valence-electron chi connectivity index (χ0n) is 6.45. The summed E-state index contributed by atoms with van der Waals surface area (Å²) in [6.07, 6.45) is 1.67. The molecule has 62 valence electrons. The van der Waals surface area contributed by atoms with Gasteiger partial charge in [0.25, 0.3) is 0 Å². The van der Waals surface area contributed by atoms with Crippen molar-refractivity contribution in [2.45, 2.75) is 19.4 Å². The molecule has 4 nitrogen and oxygen atoms in total. The number of aliphatic hydroxyl groups is 1. The van der Waals surface area contributed by atoms with Crippen LogP contribution in [0.1, 0.15) is 13.3 Å². The minimum Gasteiger partial charge on any atom is -0.511 e. The van der Waals surface area contributed by atoms with Crippen molar-refractivity contribution in [3.05, 3.63) is 29.0 Å². The second kappa shape index (κ2) is 4.62. The van der Waals surface area contributed by atoms with Gasteiger partial charge in [-0.1, -0.05) is 6.58 Å². The summed E-state index contributed by atoms with van der Waals surface area (Å²) >= 11 is 0. The zero-order chi connectivity index (χ0) is 8.85. The van der Waals surface area contributed by atoms with E-state index in [-0.39, 0.29) is 17.9 Å². The first-order valence-electron chi connectivity index (χ1n) is 3.23. The summed E-state index contributed by atoms with van der Waals surface area (Å²) in [5, 5.41) is 11.6. The zero-order valence-corrected chi connectivity index (χ0v) is 6.45. The number of rotatable bonds is 4. The van der Waals surface area contributed by atoms with Crippen LogP contribution in [0.25, 0.3) is 0 Å². The standard InChI is InChI=1S/C7H12N2O2/c1-3-7(10)6(8)4-5(2)9-11/h3,6,10H,2,4,8H2,1H3/b7-3-. The third-order valence-corrected chi connectivity index (χ3v) is 1.26. The van der Waals surface area contributed by atoms with Crippen LogP contribution in [0.15, 0.2) is 29.3 Å². The van der Waals surface area contributed by atoms with Gasteiger partial charge in [-0.3, -0.25) is 0 Å². The maximum Gasteiger partial charge on any atom is 0.105 e. The van der Waals surface area contributed by atoms with Crippen molar-refractivity contribution < 1.29 is 5.11 Å². The molecule has 0 aromatic rings. The van der Waals surface area contributed by atoms with Crippen molar-refractivity contribution in [2.24, 2.45) is 10.9 Å². The van der Waals surface area contributed by atoms with Crippen molar-refractivity contribution in [2.75, 3.05) is 0 Å². The van der Waals surface area contributed by atoms with Gasteiger partial charge in [0.1, 0.15) is 5.76 Å². The second-order valence-corrected chi connectivity index (χ2v) is 2.18. The highest BCUT2D eigenvalue weighted by molar-refractivity contribution is 5.05. The van der Waals surface area contributed by atoms with Crippen LogP contribution in [-0.2, 0) is 0 Å². The molecule has 0 bridgehead atoms. The molecule has 0 aromatic heterocycles. The van der Waals surface area contributed by atoms with Crippen LogP contribution in [-0.4, -0.2) is 11.1 Å². The summed E-state index contributed by atoms with van der Waals surface area (Å²) < 4.78 is 0. The largest absolute Gasteiger partial charge is 0.511 e. The lowest BCUT2D eigenvalue weighted by molar-refractivity contribution is 0.364. The lowest BCUT2D eigenvalue weighted by Gasteiger charge is -2.07. The summed E-state index contributed by atoms with van der Waals surface area (Å²) in [5.74, 6) is 0.0507. The predicted molar refractivity (Wildman–Crippen MR) is 43.9 cm³/mol. The molecule has 0 aliphatic heterocycles. The van der Waals surface area contributed by atoms with Gasteiger partial charge in [-0.15, -0.1) is 4.91 Å². The summed E-state index contributed by atoms with van der Waals surface area (Å²) in [7, 11) is 0. The van der Waals surface area contributed by atoms with Crippen molar-refractivity contribution in [1.29, 1.82) is 0 Å². The number of nitroso groups, excluding NO2 is 1. The van der Waals surface area contributed by atoms with Crippen LogP contribution in [0.4, 0.5) is 0 Å². The van der Waals surface area contributed by atoms with Gasteiger partial charge < -0.3 is 10.8 Å². The summed E-state index contributed by atoms with van der Waals surface area (Å²) in [6, 6.07) is -0.565. The van der Waals surface area contributed by atoms with Gasteiger partial charge in [0.05, 0.1) is 11.7 Å². The molecular formula is C7H12N2O2. The average Bonchev–Trinajstić information content (AvgIpc) is 2.02. The quantitative estimate of drug-likeness (QED) is 0.477. The highest BCUT2D eigenvalue weighted by Crippen LogP contribution is 2.07. The van der Waals surface area contributed by atoms with Crippen molar-refractivity contribution in [1.82, 2.24) is 0 Å². The molecule has 11 heavy (non-hydrogen) atoms. The lowest BCUT2D eigenvalue weighted by atomic mass is 10.1. The molecule has 1 atom stereocenters. The number of nitrogens with zero attached hydrogens (tertiary/aromatic N) is 1. The number of aliphatic hydroxyl groups excluding tert-OH is 1. The van der Waals surface area contributed by atoms with Crippen LogP contribution in [0, 0.1) is 4.91 Å². The Morgan fingerprint density at radius 1 is 1.91 bits per heavy atom. The molecule has 4 heteroatoms. The third kappa shape index (κ3) is 3.52. The predicted octanol–water partition coefficient (Wildman–Crippen LogP) is 1.45. The number of nitrogens with two attached hydrogens (primary N) is 1. The molecule has 1 unspecified atom stereocenters. The molecule has 0 rings (SSSR count). The molecule has 0 radical (unpaired) electrons. The molecule has 3 N–H and O–H groups in total. The van der Waals surface area contributed by atoms with E-state index in [1.165, 1.54) is 6.08 Å². The normalized spacial score (nSPS) is 14.2. The Balaban J connectivity index is 3.96. The minimum atomic E-state index is -0.565. The maximum atomic E-state index is 9.85. The average molecular weight is 156 g/mol. The Hall–Kier alpha value is -1.16. The molecule has 0 aliphatic carbocycles. The van der Waals surface area contributed by atoms with E-state index in [1.54, 1.807) is 6.92 Å². The van der Waals surface area contributed by atoms with E-state index in [2.05, 4.69) is 11.8 Å². The summed E-state index contributed by atoms with van der Waals surface area (Å²) in [5.41, 5.74) is 5.57. The Labute approximate surface area is 65.4 Å². The van der Waals surface area contributed by atoms with Crippen LogP contribution in [0.2, 0.25) is 0 Å². The second-order valence-electron chi connectivity index (χ2n) is 2.18. The van der Waals surface area contributed by atoms with Crippen LogP contribution in [0.5, 0.6) is 0 Å². The molecule has 0 fully saturated rings. The molecule has 0 heterocycles. The van der Waals surface area contributed by atoms with Gasteiger partial charge in [0.2, 0.25) is 0 Å². The molecule has 0 amide bonds. The smallest absolute Gasteiger partial charge is 0.105 e. The number of hydrogen-bond acceptors (Lipinski definition) is 4. The van der Waals surface area contributed by atoms with Gasteiger partial charge in [-0.2, -0.15) is 0 Å². The minimum absolute atomic E-state index is 0.0507. The van der Waals surface area contributed by atoms with Crippen molar-refractivity contribution in [3.8, 4) is 0 Å². The molecule has 0 saturated carbocycles. The van der Waals surface area contributed by atoms with E-state index in [9.17, 15) is 4.91 Å². The van der Waals surface area contributed by atoms with Gasteiger partial charge in [-0.25, -0.2) is 0 Å². The first kappa shape index (κ1) is 9.84. The summed E-state index contributed by atoms with van der Waals surface area (Å²) in [6.45, 7) is 4.99. The van der Waals surface area contributed by atoms with Gasteiger partial charge >= 0.3 is 0 Å². The van der Waals surface area contributed by atoms with Gasteiger partial charge in [0, 0.05) is 6.42 Å². The molecule has 0 aromatic carbocycles. The van der Waals surface area contributed by atoms with Crippen LogP contribution >= 0.6 is 0 Å². The molecule has 0 saturated heterocycles. The van der Waals surface area contributed by atoms with Crippen molar-refractivity contribution >= 4 is 0 Å². The summed E-state index contributed by atoms with van der Waals surface area (Å²) in [4.78, 5) is 9.85. The monoisotopic (exact) mass is 156 g/mol.